The molecule has 2 fully saturated rings. The Balaban J connectivity index is 2.10. The maximum atomic E-state index is 12.3. The van der Waals surface area contributed by atoms with Crippen LogP contribution < -0.4 is 0 Å². The number of carbonyl (C=O) groups excluding carboxylic acids is 1. The Morgan fingerprint density at radius 2 is 2.22 bits per heavy atom. The molecule has 2 heterocycles. The molecule has 0 aromatic carbocycles. The van der Waals surface area contributed by atoms with Crippen LogP contribution in [0.15, 0.2) is 0 Å². The minimum absolute atomic E-state index is 0.0795. The van der Waals surface area contributed by atoms with Gasteiger partial charge in [-0.3, -0.25) is 4.79 Å². The van der Waals surface area contributed by atoms with Gasteiger partial charge in [-0.15, -0.1) is 11.8 Å². The molecule has 2 rings (SSSR count). The zero-order valence-electron chi connectivity index (χ0n) is 10.2. The third-order valence-electron chi connectivity index (χ3n) is 3.07. The molecule has 7 heteroatoms. The molecule has 3 unspecified atom stereocenters. The topological polar surface area (TPSA) is 76.1 Å². The number of hydrogen-bond acceptors (Lipinski definition) is 5. The molecule has 1 N–H and O–H groups in total. The third kappa shape index (κ3) is 2.62. The minimum atomic E-state index is -0.955. The normalized spacial score (nSPS) is 32.5. The lowest BCUT2D eigenvalue weighted by Crippen LogP contribution is -2.52. The molecule has 18 heavy (non-hydrogen) atoms. The predicted molar refractivity (Wildman–Crippen MR) is 65.4 cm³/mol. The van der Waals surface area contributed by atoms with Gasteiger partial charge in [0.15, 0.2) is 6.10 Å². The predicted octanol–water partition coefficient (Wildman–Crippen LogP) is 0.167. The van der Waals surface area contributed by atoms with Gasteiger partial charge in [-0.2, -0.15) is 0 Å². The van der Waals surface area contributed by atoms with Gasteiger partial charge in [0.1, 0.15) is 6.04 Å². The fraction of sp³-hybridized carbons (Fsp3) is 0.818. The highest BCUT2D eigenvalue weighted by Gasteiger charge is 2.43. The van der Waals surface area contributed by atoms with E-state index in [-0.39, 0.29) is 17.9 Å². The van der Waals surface area contributed by atoms with Crippen LogP contribution in [0.25, 0.3) is 0 Å². The number of carbonyl (C=O) groups is 2. The summed E-state index contributed by atoms with van der Waals surface area (Å²) in [6, 6.07) is -0.752. The SMILES string of the molecule is CCC1SCC(C(=O)O)N1C(=O)C1COCCO1. The molecule has 102 valence electrons. The Morgan fingerprint density at radius 1 is 1.44 bits per heavy atom. The summed E-state index contributed by atoms with van der Waals surface area (Å²) in [6.07, 6.45) is 0.0710. The monoisotopic (exact) mass is 275 g/mol. The van der Waals surface area contributed by atoms with E-state index in [2.05, 4.69) is 0 Å². The number of amides is 1. The summed E-state index contributed by atoms with van der Waals surface area (Å²) in [6.45, 7) is 3.02. The van der Waals surface area contributed by atoms with Crippen LogP contribution >= 0.6 is 11.8 Å². The zero-order valence-corrected chi connectivity index (χ0v) is 11.0. The average molecular weight is 275 g/mol. The zero-order chi connectivity index (χ0) is 13.1. The Hall–Kier alpha value is -0.790. The van der Waals surface area contributed by atoms with Crippen LogP contribution in [0.1, 0.15) is 13.3 Å². The second-order valence-electron chi connectivity index (χ2n) is 4.23. The van der Waals surface area contributed by atoms with Crippen molar-refractivity contribution >= 4 is 23.6 Å². The first kappa shape index (κ1) is 13.6. The van der Waals surface area contributed by atoms with Crippen LogP contribution in [0.2, 0.25) is 0 Å². The minimum Gasteiger partial charge on any atom is -0.480 e. The van der Waals surface area contributed by atoms with E-state index in [0.717, 1.165) is 6.42 Å². The molecule has 1 amide bonds. The first-order valence-electron chi connectivity index (χ1n) is 6.01. The van der Waals surface area contributed by atoms with Crippen molar-refractivity contribution in [3.63, 3.8) is 0 Å². The first-order valence-corrected chi connectivity index (χ1v) is 7.06. The number of carboxylic acid groups (broad SMARTS) is 1. The van der Waals surface area contributed by atoms with E-state index in [4.69, 9.17) is 14.6 Å². The summed E-state index contributed by atoms with van der Waals surface area (Å²) in [5, 5.41) is 9.09. The summed E-state index contributed by atoms with van der Waals surface area (Å²) in [4.78, 5) is 25.0. The highest BCUT2D eigenvalue weighted by molar-refractivity contribution is 8.00. The Bertz CT molecular complexity index is 331. The Labute approximate surface area is 110 Å². The van der Waals surface area contributed by atoms with E-state index < -0.39 is 18.1 Å². The van der Waals surface area contributed by atoms with Crippen molar-refractivity contribution in [1.82, 2.24) is 4.90 Å². The van der Waals surface area contributed by atoms with Crippen LogP contribution in [0.5, 0.6) is 0 Å². The van der Waals surface area contributed by atoms with Crippen molar-refractivity contribution in [2.24, 2.45) is 0 Å². The number of nitrogens with zero attached hydrogens (tertiary/aromatic N) is 1. The van der Waals surface area contributed by atoms with Crippen molar-refractivity contribution in [2.45, 2.75) is 30.9 Å². The second-order valence-corrected chi connectivity index (χ2v) is 5.44. The summed E-state index contributed by atoms with van der Waals surface area (Å²) in [5.41, 5.74) is 0. The van der Waals surface area contributed by atoms with Gasteiger partial charge >= 0.3 is 5.97 Å². The molecule has 2 aliphatic rings. The Kier molecular flexibility index (Phi) is 4.47. The van der Waals surface area contributed by atoms with Crippen molar-refractivity contribution in [1.29, 1.82) is 0 Å². The molecule has 0 aliphatic carbocycles. The van der Waals surface area contributed by atoms with E-state index in [0.29, 0.717) is 19.0 Å². The maximum absolute atomic E-state index is 12.3. The highest BCUT2D eigenvalue weighted by Crippen LogP contribution is 2.32. The van der Waals surface area contributed by atoms with Gasteiger partial charge in [0.05, 0.1) is 25.2 Å². The standard InChI is InChI=1S/C11H17NO5S/c1-2-9-12(7(6-18-9)11(14)15)10(13)8-5-16-3-4-17-8/h7-9H,2-6H2,1H3,(H,14,15). The molecule has 0 aromatic rings. The second kappa shape index (κ2) is 5.90. The maximum Gasteiger partial charge on any atom is 0.327 e. The molecule has 6 nitrogen and oxygen atoms in total. The fourth-order valence-electron chi connectivity index (χ4n) is 2.16. The fourth-order valence-corrected chi connectivity index (χ4v) is 3.52. The third-order valence-corrected chi connectivity index (χ3v) is 4.53. The highest BCUT2D eigenvalue weighted by atomic mass is 32.2. The molecular formula is C11H17NO5S. The number of rotatable bonds is 3. The molecule has 2 aliphatic heterocycles. The summed E-state index contributed by atoms with van der Waals surface area (Å²) in [7, 11) is 0. The van der Waals surface area contributed by atoms with Crippen LogP contribution in [0.3, 0.4) is 0 Å². The number of ether oxygens (including phenoxy) is 2. The molecule has 0 radical (unpaired) electrons. The first-order chi connectivity index (χ1) is 8.65. The van der Waals surface area contributed by atoms with Gasteiger partial charge in [-0.25, -0.2) is 4.79 Å². The van der Waals surface area contributed by atoms with E-state index in [9.17, 15) is 9.59 Å². The lowest BCUT2D eigenvalue weighted by Gasteiger charge is -2.31. The molecule has 2 saturated heterocycles. The number of hydrogen-bond donors (Lipinski definition) is 1. The van der Waals surface area contributed by atoms with E-state index in [1.165, 1.54) is 16.7 Å². The Morgan fingerprint density at radius 3 is 2.78 bits per heavy atom. The van der Waals surface area contributed by atoms with E-state index >= 15 is 0 Å². The summed E-state index contributed by atoms with van der Waals surface area (Å²) < 4.78 is 10.6. The quantitative estimate of drug-likeness (QED) is 0.791. The summed E-state index contributed by atoms with van der Waals surface area (Å²) >= 11 is 1.51. The van der Waals surface area contributed by atoms with Crippen molar-refractivity contribution < 1.29 is 24.2 Å². The molecule has 0 spiro atoms. The van der Waals surface area contributed by atoms with Crippen LogP contribution in [0, 0.1) is 0 Å². The number of carboxylic acids is 1. The van der Waals surface area contributed by atoms with Crippen LogP contribution in [0.4, 0.5) is 0 Å². The van der Waals surface area contributed by atoms with Gasteiger partial charge in [-0.05, 0) is 6.42 Å². The van der Waals surface area contributed by atoms with Gasteiger partial charge in [0.25, 0.3) is 5.91 Å². The van der Waals surface area contributed by atoms with Crippen molar-refractivity contribution in [2.75, 3.05) is 25.6 Å². The lowest BCUT2D eigenvalue weighted by molar-refractivity contribution is -0.164. The molecular weight excluding hydrogens is 258 g/mol. The molecule has 0 aromatic heterocycles. The average Bonchev–Trinajstić information content (AvgIpc) is 2.82. The van der Waals surface area contributed by atoms with Crippen LogP contribution in [-0.4, -0.2) is 65.0 Å². The largest absolute Gasteiger partial charge is 0.480 e. The summed E-state index contributed by atoms with van der Waals surface area (Å²) in [5.74, 6) is -0.782. The van der Waals surface area contributed by atoms with Crippen LogP contribution in [-0.2, 0) is 19.1 Å². The van der Waals surface area contributed by atoms with Gasteiger partial charge in [0, 0.05) is 5.75 Å². The van der Waals surface area contributed by atoms with Gasteiger partial charge < -0.3 is 19.5 Å². The molecule has 0 saturated carbocycles. The van der Waals surface area contributed by atoms with Gasteiger partial charge in [-0.1, -0.05) is 6.92 Å². The molecule has 0 bridgehead atoms. The van der Waals surface area contributed by atoms with E-state index in [1.54, 1.807) is 0 Å². The van der Waals surface area contributed by atoms with Gasteiger partial charge in [0.2, 0.25) is 0 Å². The molecule has 3 atom stereocenters. The smallest absolute Gasteiger partial charge is 0.327 e. The van der Waals surface area contributed by atoms with E-state index in [1.807, 2.05) is 6.92 Å². The van der Waals surface area contributed by atoms with Crippen molar-refractivity contribution in [3.05, 3.63) is 0 Å². The number of thioether (sulfide) groups is 1. The van der Waals surface area contributed by atoms with Crippen molar-refractivity contribution in [3.8, 4) is 0 Å². The lowest BCUT2D eigenvalue weighted by atomic mass is 10.2. The number of aliphatic carboxylic acids is 1.